The minimum absolute atomic E-state index is 0.739. The second kappa shape index (κ2) is 6.26. The summed E-state index contributed by atoms with van der Waals surface area (Å²) in [5.41, 5.74) is 1.43. The first-order valence-electron chi connectivity index (χ1n) is 6.96. The summed E-state index contributed by atoms with van der Waals surface area (Å²) >= 11 is 2.09. The average molecular weight is 280 g/mol. The summed E-state index contributed by atoms with van der Waals surface area (Å²) in [6.45, 7) is 8.24. The molecular weight excluding hydrogens is 254 g/mol. The Kier molecular flexibility index (Phi) is 4.93. The molecule has 1 aromatic rings. The van der Waals surface area contributed by atoms with Crippen LogP contribution >= 0.6 is 11.8 Å². The highest BCUT2D eigenvalue weighted by molar-refractivity contribution is 7.99. The van der Waals surface area contributed by atoms with E-state index in [4.69, 9.17) is 0 Å². The predicted molar refractivity (Wildman–Crippen MR) is 86.6 cm³/mol. The fourth-order valence-corrected chi connectivity index (χ4v) is 4.56. The van der Waals surface area contributed by atoms with Gasteiger partial charge in [0.15, 0.2) is 0 Å². The van der Waals surface area contributed by atoms with Gasteiger partial charge in [0.2, 0.25) is 0 Å². The van der Waals surface area contributed by atoms with Crippen LogP contribution in [0.15, 0.2) is 24.3 Å². The van der Waals surface area contributed by atoms with Crippen molar-refractivity contribution in [2.75, 3.05) is 11.5 Å². The van der Waals surface area contributed by atoms with Gasteiger partial charge in [-0.3, -0.25) is 0 Å². The van der Waals surface area contributed by atoms with E-state index < -0.39 is 8.07 Å². The van der Waals surface area contributed by atoms with Gasteiger partial charge >= 0.3 is 0 Å². The normalized spacial score (nSPS) is 17.9. The molecule has 3 heteroatoms. The van der Waals surface area contributed by atoms with Crippen LogP contribution in [-0.2, 0) is 6.54 Å². The third-order valence-electron chi connectivity index (χ3n) is 3.64. The van der Waals surface area contributed by atoms with E-state index in [1.54, 1.807) is 5.19 Å². The third-order valence-corrected chi connectivity index (χ3v) is 6.75. The van der Waals surface area contributed by atoms with Gasteiger partial charge in [-0.05, 0) is 29.9 Å². The van der Waals surface area contributed by atoms with Crippen LogP contribution in [0.3, 0.4) is 0 Å². The van der Waals surface area contributed by atoms with E-state index in [0.717, 1.165) is 12.6 Å². The fourth-order valence-electron chi connectivity index (χ4n) is 2.29. The Bertz CT molecular complexity index is 363. The molecule has 1 fully saturated rings. The van der Waals surface area contributed by atoms with Crippen LogP contribution in [0.1, 0.15) is 18.4 Å². The summed E-state index contributed by atoms with van der Waals surface area (Å²) in [7, 11) is -1.13. The molecule has 0 amide bonds. The average Bonchev–Trinajstić information content (AvgIpc) is 2.37. The van der Waals surface area contributed by atoms with Crippen LogP contribution in [0.25, 0.3) is 0 Å². The third kappa shape index (κ3) is 4.14. The van der Waals surface area contributed by atoms with Crippen molar-refractivity contribution in [1.82, 2.24) is 5.32 Å². The van der Waals surface area contributed by atoms with Crippen molar-refractivity contribution in [3.63, 3.8) is 0 Å². The van der Waals surface area contributed by atoms with Gasteiger partial charge in [0.25, 0.3) is 0 Å². The molecule has 0 spiro atoms. The summed E-state index contributed by atoms with van der Waals surface area (Å²) < 4.78 is 0. The van der Waals surface area contributed by atoms with Crippen LogP contribution in [-0.4, -0.2) is 25.6 Å². The molecule has 1 aliphatic rings. The van der Waals surface area contributed by atoms with E-state index in [9.17, 15) is 0 Å². The maximum atomic E-state index is 3.69. The molecule has 1 aliphatic heterocycles. The van der Waals surface area contributed by atoms with Gasteiger partial charge in [0.05, 0.1) is 8.07 Å². The molecule has 100 valence electrons. The highest BCUT2D eigenvalue weighted by atomic mass is 32.2. The van der Waals surface area contributed by atoms with Crippen molar-refractivity contribution in [1.29, 1.82) is 0 Å². The number of benzene rings is 1. The van der Waals surface area contributed by atoms with Gasteiger partial charge in [-0.25, -0.2) is 0 Å². The molecule has 0 atom stereocenters. The van der Waals surface area contributed by atoms with Crippen LogP contribution in [0.5, 0.6) is 0 Å². The SMILES string of the molecule is C[Si](C)(C)c1ccc(CNC2CCSCC2)cc1. The summed E-state index contributed by atoms with van der Waals surface area (Å²) in [6.07, 6.45) is 2.66. The highest BCUT2D eigenvalue weighted by Crippen LogP contribution is 2.17. The minimum Gasteiger partial charge on any atom is -0.310 e. The lowest BCUT2D eigenvalue weighted by Gasteiger charge is -2.23. The first kappa shape index (κ1) is 14.2. The van der Waals surface area contributed by atoms with E-state index in [1.807, 2.05) is 0 Å². The maximum Gasteiger partial charge on any atom is 0.0775 e. The van der Waals surface area contributed by atoms with Gasteiger partial charge in [0, 0.05) is 12.6 Å². The van der Waals surface area contributed by atoms with Crippen LogP contribution in [0.4, 0.5) is 0 Å². The number of hydrogen-bond acceptors (Lipinski definition) is 2. The zero-order chi connectivity index (χ0) is 13.0. The van der Waals surface area contributed by atoms with Crippen molar-refractivity contribution in [3.8, 4) is 0 Å². The van der Waals surface area contributed by atoms with Gasteiger partial charge < -0.3 is 5.32 Å². The van der Waals surface area contributed by atoms with Crippen molar-refractivity contribution < 1.29 is 0 Å². The Morgan fingerprint density at radius 2 is 1.72 bits per heavy atom. The number of thioether (sulfide) groups is 1. The van der Waals surface area contributed by atoms with E-state index >= 15 is 0 Å². The lowest BCUT2D eigenvalue weighted by atomic mass is 10.1. The molecule has 1 N–H and O–H groups in total. The van der Waals surface area contributed by atoms with E-state index in [1.165, 1.54) is 29.9 Å². The molecule has 0 unspecified atom stereocenters. The Labute approximate surface area is 117 Å². The molecule has 1 aromatic carbocycles. The Balaban J connectivity index is 1.86. The predicted octanol–water partition coefficient (Wildman–Crippen LogP) is 3.22. The smallest absolute Gasteiger partial charge is 0.0775 e. The highest BCUT2D eigenvalue weighted by Gasteiger charge is 2.16. The summed E-state index contributed by atoms with van der Waals surface area (Å²) in [4.78, 5) is 0. The molecule has 1 saturated heterocycles. The van der Waals surface area contributed by atoms with Crippen LogP contribution < -0.4 is 10.5 Å². The summed E-state index contributed by atoms with van der Waals surface area (Å²) in [5, 5.41) is 5.25. The summed E-state index contributed by atoms with van der Waals surface area (Å²) in [5.74, 6) is 2.65. The molecule has 1 heterocycles. The monoisotopic (exact) mass is 279 g/mol. The van der Waals surface area contributed by atoms with Gasteiger partial charge in [-0.1, -0.05) is 49.1 Å². The summed E-state index contributed by atoms with van der Waals surface area (Å²) in [6, 6.07) is 10.0. The minimum atomic E-state index is -1.13. The lowest BCUT2D eigenvalue weighted by Crippen LogP contribution is -2.37. The maximum absolute atomic E-state index is 3.69. The zero-order valence-electron chi connectivity index (χ0n) is 11.8. The zero-order valence-corrected chi connectivity index (χ0v) is 13.6. The first-order chi connectivity index (χ1) is 8.55. The molecule has 18 heavy (non-hydrogen) atoms. The van der Waals surface area contributed by atoms with E-state index in [0.29, 0.717) is 0 Å². The number of nitrogens with one attached hydrogen (secondary N) is 1. The van der Waals surface area contributed by atoms with Crippen molar-refractivity contribution in [3.05, 3.63) is 29.8 Å². The lowest BCUT2D eigenvalue weighted by molar-refractivity contribution is 0.482. The van der Waals surface area contributed by atoms with Crippen molar-refractivity contribution in [2.24, 2.45) is 0 Å². The van der Waals surface area contributed by atoms with Crippen LogP contribution in [0, 0.1) is 0 Å². The van der Waals surface area contributed by atoms with Crippen molar-refractivity contribution >= 4 is 25.0 Å². The fraction of sp³-hybridized carbons (Fsp3) is 0.600. The molecule has 0 aliphatic carbocycles. The largest absolute Gasteiger partial charge is 0.310 e. The van der Waals surface area contributed by atoms with Gasteiger partial charge in [-0.2, -0.15) is 11.8 Å². The first-order valence-corrected chi connectivity index (χ1v) is 11.6. The standard InChI is InChI=1S/C15H25NSSi/c1-18(2,3)15-6-4-13(5-7-15)12-16-14-8-10-17-11-9-14/h4-7,14,16H,8-12H2,1-3H3. The quantitative estimate of drug-likeness (QED) is 0.849. The van der Waals surface area contributed by atoms with Gasteiger partial charge in [0.1, 0.15) is 0 Å². The topological polar surface area (TPSA) is 12.0 Å². The molecule has 2 rings (SSSR count). The molecule has 0 bridgehead atoms. The number of hydrogen-bond donors (Lipinski definition) is 1. The molecule has 1 nitrogen and oxygen atoms in total. The second-order valence-corrected chi connectivity index (χ2v) is 12.5. The van der Waals surface area contributed by atoms with Gasteiger partial charge in [-0.15, -0.1) is 0 Å². The Hall–Kier alpha value is -0.253. The Morgan fingerprint density at radius 3 is 2.28 bits per heavy atom. The molecular formula is C15H25NSSi. The van der Waals surface area contributed by atoms with E-state index in [2.05, 4.69) is 61.0 Å². The molecule has 0 radical (unpaired) electrons. The van der Waals surface area contributed by atoms with Crippen molar-refractivity contribution in [2.45, 2.75) is 45.1 Å². The molecule has 0 aromatic heterocycles. The van der Waals surface area contributed by atoms with E-state index in [-0.39, 0.29) is 0 Å². The molecule has 0 saturated carbocycles. The number of rotatable bonds is 4. The second-order valence-electron chi connectivity index (χ2n) is 6.21. The Morgan fingerprint density at radius 1 is 1.11 bits per heavy atom. The van der Waals surface area contributed by atoms with Crippen LogP contribution in [0.2, 0.25) is 19.6 Å².